The van der Waals surface area contributed by atoms with Crippen molar-refractivity contribution in [1.29, 1.82) is 0 Å². The number of rotatable bonds is 3. The Hall–Kier alpha value is -2.94. The van der Waals surface area contributed by atoms with E-state index in [0.717, 1.165) is 17.1 Å². The molecule has 2 aromatic heterocycles. The number of hydrogen-bond acceptors (Lipinski definition) is 6. The molecule has 2 N–H and O–H groups in total. The maximum Gasteiger partial charge on any atom is 0.416 e. The summed E-state index contributed by atoms with van der Waals surface area (Å²) in [4.78, 5) is 24.9. The molecule has 1 aliphatic rings. The van der Waals surface area contributed by atoms with Crippen molar-refractivity contribution in [3.8, 4) is 5.88 Å². The number of carbonyl (C=O) groups is 1. The molecule has 3 rings (SSSR count). The van der Waals surface area contributed by atoms with E-state index in [9.17, 15) is 4.79 Å². The molecule has 8 nitrogen and oxygen atoms in total. The van der Waals surface area contributed by atoms with E-state index < -0.39 is 6.09 Å². The van der Waals surface area contributed by atoms with Crippen LogP contribution in [0.2, 0.25) is 0 Å². The zero-order valence-corrected chi connectivity index (χ0v) is 18.6. The van der Waals surface area contributed by atoms with E-state index in [1.807, 2.05) is 46.0 Å². The summed E-state index contributed by atoms with van der Waals surface area (Å²) >= 11 is 5.27. The summed E-state index contributed by atoms with van der Waals surface area (Å²) in [7, 11) is 0. The Bertz CT molecular complexity index is 872. The van der Waals surface area contributed by atoms with Gasteiger partial charge in [0.25, 0.3) is 0 Å². The molecular formula is C21H28N6O2S. The van der Waals surface area contributed by atoms with Gasteiger partial charge in [-0.25, -0.2) is 14.8 Å². The number of anilines is 2. The SMILES string of the molecule is Cc1ccc(N2CCN(C(=O)Oc3ccc(NC(=S)NC(C)(C)C)cn3)CC2)nc1. The van der Waals surface area contributed by atoms with Crippen LogP contribution in [0.3, 0.4) is 0 Å². The van der Waals surface area contributed by atoms with Crippen LogP contribution in [0.1, 0.15) is 26.3 Å². The van der Waals surface area contributed by atoms with Crippen LogP contribution in [-0.4, -0.2) is 57.8 Å². The molecular weight excluding hydrogens is 400 g/mol. The lowest BCUT2D eigenvalue weighted by molar-refractivity contribution is 0.147. The average molecular weight is 429 g/mol. The Morgan fingerprint density at radius 2 is 1.80 bits per heavy atom. The van der Waals surface area contributed by atoms with Gasteiger partial charge in [-0.05, 0) is 57.6 Å². The Morgan fingerprint density at radius 1 is 1.07 bits per heavy atom. The Labute approximate surface area is 182 Å². The lowest BCUT2D eigenvalue weighted by Gasteiger charge is -2.34. The molecule has 2 aromatic rings. The zero-order chi connectivity index (χ0) is 21.7. The van der Waals surface area contributed by atoms with E-state index in [2.05, 4.69) is 25.5 Å². The van der Waals surface area contributed by atoms with Gasteiger partial charge in [0.2, 0.25) is 5.88 Å². The van der Waals surface area contributed by atoms with Crippen molar-refractivity contribution >= 4 is 34.9 Å². The van der Waals surface area contributed by atoms with Crippen molar-refractivity contribution in [1.82, 2.24) is 20.2 Å². The summed E-state index contributed by atoms with van der Waals surface area (Å²) in [5.74, 6) is 1.18. The number of thiocarbonyl (C=S) groups is 1. The molecule has 0 aromatic carbocycles. The number of amides is 1. The van der Waals surface area contributed by atoms with Crippen LogP contribution in [0.15, 0.2) is 36.7 Å². The van der Waals surface area contributed by atoms with E-state index in [-0.39, 0.29) is 11.4 Å². The molecule has 3 heterocycles. The average Bonchev–Trinajstić information content (AvgIpc) is 2.69. The minimum absolute atomic E-state index is 0.132. The lowest BCUT2D eigenvalue weighted by atomic mass is 10.1. The largest absolute Gasteiger partial charge is 0.416 e. The van der Waals surface area contributed by atoms with E-state index in [4.69, 9.17) is 17.0 Å². The van der Waals surface area contributed by atoms with Crippen molar-refractivity contribution in [2.24, 2.45) is 0 Å². The van der Waals surface area contributed by atoms with Crippen molar-refractivity contribution in [3.63, 3.8) is 0 Å². The molecule has 1 saturated heterocycles. The predicted octanol–water partition coefficient (Wildman–Crippen LogP) is 3.19. The first kappa shape index (κ1) is 21.8. The van der Waals surface area contributed by atoms with Gasteiger partial charge in [-0.1, -0.05) is 6.07 Å². The molecule has 0 atom stereocenters. The number of carbonyl (C=O) groups excluding carboxylic acids is 1. The summed E-state index contributed by atoms with van der Waals surface area (Å²) in [6.07, 6.45) is 3.04. The highest BCUT2D eigenvalue weighted by Crippen LogP contribution is 2.16. The highest BCUT2D eigenvalue weighted by molar-refractivity contribution is 7.80. The molecule has 160 valence electrons. The quantitative estimate of drug-likeness (QED) is 0.722. The van der Waals surface area contributed by atoms with Crippen molar-refractivity contribution in [3.05, 3.63) is 42.2 Å². The van der Waals surface area contributed by atoms with E-state index in [1.165, 1.54) is 0 Å². The van der Waals surface area contributed by atoms with Gasteiger partial charge in [0.05, 0.1) is 11.9 Å². The number of nitrogens with one attached hydrogen (secondary N) is 2. The van der Waals surface area contributed by atoms with Crippen LogP contribution >= 0.6 is 12.2 Å². The summed E-state index contributed by atoms with van der Waals surface area (Å²) in [6.45, 7) is 10.6. The van der Waals surface area contributed by atoms with Gasteiger partial charge in [0, 0.05) is 44.0 Å². The Morgan fingerprint density at radius 3 is 2.37 bits per heavy atom. The second-order valence-corrected chi connectivity index (χ2v) is 8.66. The Balaban J connectivity index is 1.48. The minimum Gasteiger partial charge on any atom is -0.391 e. The summed E-state index contributed by atoms with van der Waals surface area (Å²) in [5.41, 5.74) is 1.71. The van der Waals surface area contributed by atoms with E-state index in [0.29, 0.717) is 31.3 Å². The van der Waals surface area contributed by atoms with Gasteiger partial charge >= 0.3 is 6.09 Å². The number of hydrogen-bond donors (Lipinski definition) is 2. The summed E-state index contributed by atoms with van der Waals surface area (Å²) in [5, 5.41) is 6.74. The second-order valence-electron chi connectivity index (χ2n) is 8.25. The number of pyridine rings is 2. The summed E-state index contributed by atoms with van der Waals surface area (Å²) < 4.78 is 5.42. The van der Waals surface area contributed by atoms with Crippen LogP contribution in [0.25, 0.3) is 0 Å². The molecule has 9 heteroatoms. The molecule has 0 bridgehead atoms. The monoisotopic (exact) mass is 428 g/mol. The first-order valence-electron chi connectivity index (χ1n) is 9.89. The van der Waals surface area contributed by atoms with Crippen molar-refractivity contribution in [2.75, 3.05) is 36.4 Å². The smallest absolute Gasteiger partial charge is 0.391 e. The van der Waals surface area contributed by atoms with Gasteiger partial charge in [0.1, 0.15) is 5.82 Å². The molecule has 1 fully saturated rings. The van der Waals surface area contributed by atoms with E-state index in [1.54, 1.807) is 23.2 Å². The van der Waals surface area contributed by atoms with Crippen LogP contribution in [0.5, 0.6) is 5.88 Å². The lowest BCUT2D eigenvalue weighted by Crippen LogP contribution is -2.49. The predicted molar refractivity (Wildman–Crippen MR) is 122 cm³/mol. The topological polar surface area (TPSA) is 82.6 Å². The fraction of sp³-hybridized carbons (Fsp3) is 0.429. The molecule has 0 unspecified atom stereocenters. The normalized spacial score (nSPS) is 14.3. The standard InChI is InChI=1S/C21H28N6O2S/c1-15-5-7-17(22-13-15)26-9-11-27(12-10-26)20(28)29-18-8-6-16(14-23-18)24-19(30)25-21(2,3)4/h5-8,13-14H,9-12H2,1-4H3,(H2,24,25,30). The molecule has 0 spiro atoms. The van der Waals surface area contributed by atoms with Gasteiger partial charge < -0.3 is 25.2 Å². The van der Waals surface area contributed by atoms with Gasteiger partial charge in [0.15, 0.2) is 5.11 Å². The van der Waals surface area contributed by atoms with Crippen LogP contribution < -0.4 is 20.3 Å². The van der Waals surface area contributed by atoms with E-state index >= 15 is 0 Å². The van der Waals surface area contributed by atoms with Crippen LogP contribution in [0.4, 0.5) is 16.3 Å². The first-order valence-corrected chi connectivity index (χ1v) is 10.3. The molecule has 0 saturated carbocycles. The minimum atomic E-state index is -0.398. The molecule has 1 amide bonds. The highest BCUT2D eigenvalue weighted by atomic mass is 32.1. The Kier molecular flexibility index (Phi) is 6.71. The molecule has 1 aliphatic heterocycles. The molecule has 0 aliphatic carbocycles. The third kappa shape index (κ3) is 6.28. The number of ether oxygens (including phenoxy) is 1. The second kappa shape index (κ2) is 9.25. The maximum absolute atomic E-state index is 12.5. The molecule has 30 heavy (non-hydrogen) atoms. The van der Waals surface area contributed by atoms with Crippen molar-refractivity contribution < 1.29 is 9.53 Å². The third-order valence-electron chi connectivity index (χ3n) is 4.43. The number of aromatic nitrogens is 2. The van der Waals surface area contributed by atoms with Gasteiger partial charge in [-0.15, -0.1) is 0 Å². The fourth-order valence-corrected chi connectivity index (χ4v) is 3.36. The van der Waals surface area contributed by atoms with Crippen LogP contribution in [0, 0.1) is 6.92 Å². The maximum atomic E-state index is 12.5. The van der Waals surface area contributed by atoms with Gasteiger partial charge in [-0.2, -0.15) is 0 Å². The molecule has 0 radical (unpaired) electrons. The van der Waals surface area contributed by atoms with Gasteiger partial charge in [-0.3, -0.25) is 0 Å². The van der Waals surface area contributed by atoms with Crippen molar-refractivity contribution in [2.45, 2.75) is 33.2 Å². The van der Waals surface area contributed by atoms with Crippen LogP contribution in [-0.2, 0) is 0 Å². The highest BCUT2D eigenvalue weighted by Gasteiger charge is 2.23. The zero-order valence-electron chi connectivity index (χ0n) is 17.8. The first-order chi connectivity index (χ1) is 14.2. The number of nitrogens with zero attached hydrogens (tertiary/aromatic N) is 4. The summed E-state index contributed by atoms with van der Waals surface area (Å²) in [6, 6.07) is 7.46. The fourth-order valence-electron chi connectivity index (χ4n) is 2.94. The third-order valence-corrected chi connectivity index (χ3v) is 4.64. The number of aryl methyl sites for hydroxylation is 1. The number of piperazine rings is 1.